The number of pyridine rings is 1. The Morgan fingerprint density at radius 1 is 1.54 bits per heavy atom. The van der Waals surface area contributed by atoms with E-state index in [-0.39, 0.29) is 18.9 Å². The number of aromatic nitrogens is 1. The number of aromatic hydroxyl groups is 1. The molecule has 0 aliphatic rings. The number of nitrogens with zero attached hydrogens (tertiary/aromatic N) is 1. The normalized spacial score (nSPS) is 10.5. The van der Waals surface area contributed by atoms with E-state index < -0.39 is 0 Å². The van der Waals surface area contributed by atoms with Crippen LogP contribution in [0.25, 0.3) is 0 Å². The van der Waals surface area contributed by atoms with E-state index in [9.17, 15) is 5.11 Å². The first kappa shape index (κ1) is 9.95. The molecule has 0 saturated carbocycles. The average Bonchev–Trinajstić information content (AvgIpc) is 2.13. The van der Waals surface area contributed by atoms with E-state index in [2.05, 4.69) is 0 Å². The highest BCUT2D eigenvalue weighted by molar-refractivity contribution is 5.37. The highest BCUT2D eigenvalue weighted by atomic mass is 16.3. The van der Waals surface area contributed by atoms with Crippen molar-refractivity contribution in [3.63, 3.8) is 0 Å². The molecule has 0 aliphatic carbocycles. The summed E-state index contributed by atoms with van der Waals surface area (Å²) in [5.74, 6) is 0.177. The predicted octanol–water partition coefficient (Wildman–Crippen LogP) is -0.524. The van der Waals surface area contributed by atoms with Crippen molar-refractivity contribution >= 4 is 0 Å². The summed E-state index contributed by atoms with van der Waals surface area (Å²) < 4.78 is 1.76. The Morgan fingerprint density at radius 3 is 2.62 bits per heavy atom. The molecule has 4 nitrogen and oxygen atoms in total. The van der Waals surface area contributed by atoms with E-state index in [1.54, 1.807) is 17.7 Å². The summed E-state index contributed by atoms with van der Waals surface area (Å²) in [4.78, 5) is 0. The third kappa shape index (κ3) is 1.64. The van der Waals surface area contributed by atoms with E-state index in [4.69, 9.17) is 10.8 Å². The van der Waals surface area contributed by atoms with Crippen LogP contribution in [-0.4, -0.2) is 10.2 Å². The third-order valence-corrected chi connectivity index (χ3v) is 2.27. The van der Waals surface area contributed by atoms with E-state index in [1.165, 1.54) is 0 Å². The van der Waals surface area contributed by atoms with Crippen molar-refractivity contribution in [2.45, 2.75) is 20.1 Å². The predicted molar refractivity (Wildman–Crippen MR) is 47.8 cm³/mol. The number of hydrogen-bond acceptors (Lipinski definition) is 3. The van der Waals surface area contributed by atoms with Crippen LogP contribution in [-0.2, 0) is 20.2 Å². The first-order chi connectivity index (χ1) is 6.11. The Balaban J connectivity index is 3.39. The number of hydrogen-bond donors (Lipinski definition) is 3. The lowest BCUT2D eigenvalue weighted by Crippen LogP contribution is -2.33. The van der Waals surface area contributed by atoms with E-state index >= 15 is 0 Å². The van der Waals surface area contributed by atoms with Gasteiger partial charge in [0.05, 0.1) is 6.61 Å². The molecule has 0 amide bonds. The Kier molecular flexibility index (Phi) is 2.85. The van der Waals surface area contributed by atoms with Gasteiger partial charge < -0.3 is 15.9 Å². The van der Waals surface area contributed by atoms with Crippen LogP contribution in [0, 0.1) is 6.92 Å². The first-order valence-electron chi connectivity index (χ1n) is 4.12. The molecule has 1 aromatic rings. The van der Waals surface area contributed by atoms with Crippen molar-refractivity contribution in [2.24, 2.45) is 12.8 Å². The Hall–Kier alpha value is -1.13. The van der Waals surface area contributed by atoms with Crippen molar-refractivity contribution in [2.75, 3.05) is 0 Å². The van der Waals surface area contributed by atoms with Crippen LogP contribution in [0.3, 0.4) is 0 Å². The number of rotatable bonds is 2. The molecule has 13 heavy (non-hydrogen) atoms. The Labute approximate surface area is 77.2 Å². The quantitative estimate of drug-likeness (QED) is 0.540. The van der Waals surface area contributed by atoms with Gasteiger partial charge in [-0.05, 0) is 0 Å². The van der Waals surface area contributed by atoms with Gasteiger partial charge in [0.25, 0.3) is 0 Å². The lowest BCUT2D eigenvalue weighted by molar-refractivity contribution is -0.678. The number of nitrogens with two attached hydrogens (primary N) is 1. The van der Waals surface area contributed by atoms with E-state index in [0.717, 1.165) is 5.69 Å². The van der Waals surface area contributed by atoms with Gasteiger partial charge in [0.1, 0.15) is 7.05 Å². The number of aryl methyl sites for hydroxylation is 1. The lowest BCUT2D eigenvalue weighted by atomic mass is 10.1. The van der Waals surface area contributed by atoms with E-state index in [1.807, 2.05) is 7.05 Å². The molecule has 0 aromatic carbocycles. The average molecular weight is 183 g/mol. The molecule has 1 rings (SSSR count). The molecular weight excluding hydrogens is 168 g/mol. The standard InChI is InChI=1S/C9H14N2O2/c1-6-9(13)8(3-10)7(5-12)4-11(6)2/h4,12H,3,5,10H2,1-2H3/p+1. The lowest BCUT2D eigenvalue weighted by Gasteiger charge is -2.07. The minimum Gasteiger partial charge on any atom is -0.502 e. The highest BCUT2D eigenvalue weighted by Gasteiger charge is 2.16. The number of aliphatic hydroxyl groups excluding tert-OH is 1. The Bertz CT molecular complexity index is 324. The van der Waals surface area contributed by atoms with Crippen LogP contribution in [0.15, 0.2) is 6.20 Å². The third-order valence-electron chi connectivity index (χ3n) is 2.27. The summed E-state index contributed by atoms with van der Waals surface area (Å²) in [7, 11) is 1.81. The Morgan fingerprint density at radius 2 is 2.15 bits per heavy atom. The minimum absolute atomic E-state index is 0.103. The molecule has 0 spiro atoms. The van der Waals surface area contributed by atoms with Crippen LogP contribution in [0.2, 0.25) is 0 Å². The molecule has 0 radical (unpaired) electrons. The zero-order valence-electron chi connectivity index (χ0n) is 7.91. The zero-order chi connectivity index (χ0) is 10.0. The van der Waals surface area contributed by atoms with Crippen LogP contribution in [0.5, 0.6) is 5.75 Å². The van der Waals surface area contributed by atoms with Crippen molar-refractivity contribution in [1.82, 2.24) is 0 Å². The summed E-state index contributed by atoms with van der Waals surface area (Å²) >= 11 is 0. The summed E-state index contributed by atoms with van der Waals surface area (Å²) in [5.41, 5.74) is 7.51. The van der Waals surface area contributed by atoms with Crippen LogP contribution in [0.4, 0.5) is 0 Å². The van der Waals surface area contributed by atoms with Gasteiger partial charge in [-0.1, -0.05) is 0 Å². The maximum Gasteiger partial charge on any atom is 0.220 e. The molecule has 4 heteroatoms. The van der Waals surface area contributed by atoms with Crippen LogP contribution in [0.1, 0.15) is 16.8 Å². The van der Waals surface area contributed by atoms with Gasteiger partial charge in [0.2, 0.25) is 5.69 Å². The molecule has 0 aliphatic heterocycles. The number of aliphatic hydroxyl groups is 1. The van der Waals surface area contributed by atoms with Crippen LogP contribution >= 0.6 is 0 Å². The van der Waals surface area contributed by atoms with E-state index in [0.29, 0.717) is 11.1 Å². The van der Waals surface area contributed by atoms with Gasteiger partial charge in [-0.2, -0.15) is 0 Å². The molecule has 1 heterocycles. The fourth-order valence-corrected chi connectivity index (χ4v) is 1.31. The van der Waals surface area contributed by atoms with Crippen molar-refractivity contribution < 1.29 is 14.8 Å². The molecule has 0 bridgehead atoms. The van der Waals surface area contributed by atoms with Crippen molar-refractivity contribution in [3.05, 3.63) is 23.0 Å². The van der Waals surface area contributed by atoms with Crippen LogP contribution < -0.4 is 10.3 Å². The summed E-state index contributed by atoms with van der Waals surface area (Å²) in [6, 6.07) is 0. The van der Waals surface area contributed by atoms with Gasteiger partial charge in [0.15, 0.2) is 11.9 Å². The molecule has 0 saturated heterocycles. The minimum atomic E-state index is -0.103. The fraction of sp³-hybridized carbons (Fsp3) is 0.444. The SMILES string of the molecule is Cc1c(O)c(CN)c(CO)c[n+]1C. The summed E-state index contributed by atoms with van der Waals surface area (Å²) in [5, 5.41) is 18.7. The fourth-order valence-electron chi connectivity index (χ4n) is 1.31. The molecule has 0 atom stereocenters. The second kappa shape index (κ2) is 3.72. The molecule has 0 unspecified atom stereocenters. The second-order valence-corrected chi connectivity index (χ2v) is 3.04. The largest absolute Gasteiger partial charge is 0.502 e. The molecular formula is C9H15N2O2+. The molecule has 4 N–H and O–H groups in total. The molecule has 0 fully saturated rings. The summed E-state index contributed by atoms with van der Waals surface area (Å²) in [6.45, 7) is 1.94. The second-order valence-electron chi connectivity index (χ2n) is 3.04. The topological polar surface area (TPSA) is 70.4 Å². The van der Waals surface area contributed by atoms with Gasteiger partial charge in [0, 0.05) is 24.6 Å². The van der Waals surface area contributed by atoms with Gasteiger partial charge >= 0.3 is 0 Å². The van der Waals surface area contributed by atoms with Gasteiger partial charge in [-0.15, -0.1) is 0 Å². The highest BCUT2D eigenvalue weighted by Crippen LogP contribution is 2.21. The maximum absolute atomic E-state index is 9.68. The first-order valence-corrected chi connectivity index (χ1v) is 4.12. The monoisotopic (exact) mass is 183 g/mol. The zero-order valence-corrected chi connectivity index (χ0v) is 7.91. The van der Waals surface area contributed by atoms with Crippen molar-refractivity contribution in [1.29, 1.82) is 0 Å². The smallest absolute Gasteiger partial charge is 0.220 e. The van der Waals surface area contributed by atoms with Gasteiger partial charge in [-0.3, -0.25) is 0 Å². The molecule has 72 valence electrons. The summed E-state index contributed by atoms with van der Waals surface area (Å²) in [6.07, 6.45) is 1.78. The van der Waals surface area contributed by atoms with Crippen molar-refractivity contribution in [3.8, 4) is 5.75 Å². The maximum atomic E-state index is 9.68. The molecule has 1 aromatic heterocycles. The van der Waals surface area contributed by atoms with Gasteiger partial charge in [-0.25, -0.2) is 4.57 Å².